The quantitative estimate of drug-likeness (QED) is 0.884. The van der Waals surface area contributed by atoms with Crippen LogP contribution in [0, 0.1) is 0 Å². The maximum absolute atomic E-state index is 12.4. The van der Waals surface area contributed by atoms with Gasteiger partial charge in [0.15, 0.2) is 0 Å². The predicted octanol–water partition coefficient (Wildman–Crippen LogP) is 1.72. The molecule has 2 heterocycles. The highest BCUT2D eigenvalue weighted by atomic mass is 35.5. The van der Waals surface area contributed by atoms with Crippen LogP contribution in [0.1, 0.15) is 6.42 Å². The summed E-state index contributed by atoms with van der Waals surface area (Å²) < 4.78 is 27.6. The first kappa shape index (κ1) is 18.1. The van der Waals surface area contributed by atoms with Crippen molar-refractivity contribution < 1.29 is 8.42 Å². The van der Waals surface area contributed by atoms with Crippen molar-refractivity contribution in [3.05, 3.63) is 36.7 Å². The van der Waals surface area contributed by atoms with Crippen molar-refractivity contribution in [2.75, 3.05) is 13.1 Å². The Kier molecular flexibility index (Phi) is 6.37. The van der Waals surface area contributed by atoms with Crippen LogP contribution < -0.4 is 10.0 Å². The number of nitrogens with one attached hydrogen (secondary N) is 2. The minimum atomic E-state index is -3.49. The van der Waals surface area contributed by atoms with Crippen LogP contribution in [0.25, 0.3) is 10.8 Å². The van der Waals surface area contributed by atoms with Gasteiger partial charge in [0.05, 0.1) is 4.90 Å². The molecule has 1 saturated heterocycles. The average molecular weight is 350 g/mol. The van der Waals surface area contributed by atoms with Gasteiger partial charge in [0.25, 0.3) is 0 Å². The summed E-state index contributed by atoms with van der Waals surface area (Å²) in [5.74, 6) is 0. The SMILES string of the molecule is Cl.Cl.O=S(=O)(N[C@@H]1CCNC1)c1cccc2cnccc12. The van der Waals surface area contributed by atoms with E-state index in [1.54, 1.807) is 30.6 Å². The third-order valence-corrected chi connectivity index (χ3v) is 4.89. The van der Waals surface area contributed by atoms with Gasteiger partial charge in [-0.3, -0.25) is 4.98 Å². The lowest BCUT2D eigenvalue weighted by atomic mass is 10.2. The molecule has 21 heavy (non-hydrogen) atoms. The van der Waals surface area contributed by atoms with Gasteiger partial charge in [0.1, 0.15) is 0 Å². The van der Waals surface area contributed by atoms with E-state index in [0.29, 0.717) is 16.8 Å². The number of sulfonamides is 1. The minimum absolute atomic E-state index is 0. The fraction of sp³-hybridized carbons (Fsp3) is 0.308. The molecule has 2 aromatic rings. The van der Waals surface area contributed by atoms with Crippen LogP contribution in [0.5, 0.6) is 0 Å². The van der Waals surface area contributed by atoms with Crippen molar-refractivity contribution in [2.45, 2.75) is 17.4 Å². The lowest BCUT2D eigenvalue weighted by Crippen LogP contribution is -2.36. The Balaban J connectivity index is 0.00000110. The molecule has 0 saturated carbocycles. The van der Waals surface area contributed by atoms with Gasteiger partial charge < -0.3 is 5.32 Å². The lowest BCUT2D eigenvalue weighted by molar-refractivity contribution is 0.561. The van der Waals surface area contributed by atoms with E-state index in [1.807, 2.05) is 6.07 Å². The van der Waals surface area contributed by atoms with Crippen LogP contribution in [0.3, 0.4) is 0 Å². The molecule has 1 aliphatic heterocycles. The van der Waals surface area contributed by atoms with Gasteiger partial charge in [-0.2, -0.15) is 0 Å². The molecule has 116 valence electrons. The fourth-order valence-electron chi connectivity index (χ4n) is 2.37. The minimum Gasteiger partial charge on any atom is -0.315 e. The van der Waals surface area contributed by atoms with Gasteiger partial charge in [0.2, 0.25) is 10.0 Å². The maximum atomic E-state index is 12.4. The summed E-state index contributed by atoms with van der Waals surface area (Å²) in [6.45, 7) is 1.54. The summed E-state index contributed by atoms with van der Waals surface area (Å²) in [4.78, 5) is 4.33. The van der Waals surface area contributed by atoms with Gasteiger partial charge in [-0.05, 0) is 25.1 Å². The molecule has 3 rings (SSSR count). The van der Waals surface area contributed by atoms with Crippen LogP contribution in [-0.4, -0.2) is 32.5 Å². The standard InChI is InChI=1S/C13H15N3O2S.2ClH/c17-19(18,16-11-4-6-15-9-11)13-3-1-2-10-8-14-7-5-12(10)13;;/h1-3,5,7-8,11,15-16H,4,6,9H2;2*1H/t11-;;/m1../s1. The molecule has 1 aromatic heterocycles. The monoisotopic (exact) mass is 349 g/mol. The first-order chi connectivity index (χ1) is 9.17. The molecular weight excluding hydrogens is 333 g/mol. The molecule has 1 atom stereocenters. The van der Waals surface area contributed by atoms with Crippen molar-refractivity contribution in [3.63, 3.8) is 0 Å². The number of hydrogen-bond donors (Lipinski definition) is 2. The average Bonchev–Trinajstić information content (AvgIpc) is 2.90. The molecule has 5 nitrogen and oxygen atoms in total. The van der Waals surface area contributed by atoms with E-state index in [9.17, 15) is 8.42 Å². The highest BCUT2D eigenvalue weighted by Crippen LogP contribution is 2.22. The van der Waals surface area contributed by atoms with Gasteiger partial charge in [-0.15, -0.1) is 24.8 Å². The van der Waals surface area contributed by atoms with Crippen molar-refractivity contribution in [3.8, 4) is 0 Å². The summed E-state index contributed by atoms with van der Waals surface area (Å²) in [6, 6.07) is 6.94. The highest BCUT2D eigenvalue weighted by Gasteiger charge is 2.23. The van der Waals surface area contributed by atoms with E-state index in [2.05, 4.69) is 15.0 Å². The lowest BCUT2D eigenvalue weighted by Gasteiger charge is -2.13. The van der Waals surface area contributed by atoms with E-state index in [-0.39, 0.29) is 30.9 Å². The molecule has 2 N–H and O–H groups in total. The largest absolute Gasteiger partial charge is 0.315 e. The molecular formula is C13H17Cl2N3O2S. The van der Waals surface area contributed by atoms with Crippen LogP contribution in [-0.2, 0) is 10.0 Å². The number of nitrogens with zero attached hydrogens (tertiary/aromatic N) is 1. The molecule has 0 aliphatic carbocycles. The van der Waals surface area contributed by atoms with Crippen molar-refractivity contribution in [1.29, 1.82) is 0 Å². The first-order valence-corrected chi connectivity index (χ1v) is 7.71. The number of halogens is 2. The second-order valence-electron chi connectivity index (χ2n) is 4.66. The van der Waals surface area contributed by atoms with E-state index in [1.165, 1.54) is 0 Å². The summed E-state index contributed by atoms with van der Waals surface area (Å²) in [6.07, 6.45) is 4.11. The first-order valence-electron chi connectivity index (χ1n) is 6.22. The molecule has 0 amide bonds. The summed E-state index contributed by atoms with van der Waals surface area (Å²) in [7, 11) is -3.49. The molecule has 8 heteroatoms. The van der Waals surface area contributed by atoms with E-state index in [4.69, 9.17) is 0 Å². The van der Waals surface area contributed by atoms with Gasteiger partial charge in [-0.25, -0.2) is 13.1 Å². The maximum Gasteiger partial charge on any atom is 0.241 e. The van der Waals surface area contributed by atoms with E-state index < -0.39 is 10.0 Å². The number of aromatic nitrogens is 1. The van der Waals surface area contributed by atoms with Crippen molar-refractivity contribution >= 4 is 45.6 Å². The van der Waals surface area contributed by atoms with Crippen LogP contribution in [0.15, 0.2) is 41.6 Å². The van der Waals surface area contributed by atoms with Crippen molar-refractivity contribution in [1.82, 2.24) is 15.0 Å². The Morgan fingerprint density at radius 2 is 2.05 bits per heavy atom. The van der Waals surface area contributed by atoms with Crippen molar-refractivity contribution in [2.24, 2.45) is 0 Å². The zero-order chi connectivity index (χ0) is 13.3. The molecule has 1 fully saturated rings. The predicted molar refractivity (Wildman–Crippen MR) is 87.8 cm³/mol. The van der Waals surface area contributed by atoms with Gasteiger partial charge >= 0.3 is 0 Å². The molecule has 0 bridgehead atoms. The second kappa shape index (κ2) is 7.38. The van der Waals surface area contributed by atoms with E-state index in [0.717, 1.165) is 18.4 Å². The molecule has 0 radical (unpaired) electrons. The van der Waals surface area contributed by atoms with Gasteiger partial charge in [-0.1, -0.05) is 12.1 Å². The number of fused-ring (bicyclic) bond motifs is 1. The zero-order valence-electron chi connectivity index (χ0n) is 11.2. The Morgan fingerprint density at radius 3 is 2.76 bits per heavy atom. The Labute approximate surface area is 136 Å². The number of pyridine rings is 1. The molecule has 1 aromatic carbocycles. The molecule has 0 spiro atoms. The summed E-state index contributed by atoms with van der Waals surface area (Å²) >= 11 is 0. The normalized spacial score (nSPS) is 18.0. The number of hydrogen-bond acceptors (Lipinski definition) is 4. The van der Waals surface area contributed by atoms with Crippen LogP contribution >= 0.6 is 24.8 Å². The Hall–Kier alpha value is -0.920. The smallest absolute Gasteiger partial charge is 0.241 e. The Bertz CT molecular complexity index is 698. The zero-order valence-corrected chi connectivity index (χ0v) is 13.6. The highest BCUT2D eigenvalue weighted by molar-refractivity contribution is 7.89. The third kappa shape index (κ3) is 3.84. The van der Waals surface area contributed by atoms with Gasteiger partial charge in [0, 0.05) is 35.8 Å². The van der Waals surface area contributed by atoms with Crippen LogP contribution in [0.4, 0.5) is 0 Å². The molecule has 1 aliphatic rings. The van der Waals surface area contributed by atoms with Crippen LogP contribution in [0.2, 0.25) is 0 Å². The summed E-state index contributed by atoms with van der Waals surface area (Å²) in [5.41, 5.74) is 0. The number of benzene rings is 1. The molecule has 0 unspecified atom stereocenters. The topological polar surface area (TPSA) is 71.1 Å². The number of rotatable bonds is 3. The summed E-state index contributed by atoms with van der Waals surface area (Å²) in [5, 5.41) is 4.68. The Morgan fingerprint density at radius 1 is 1.24 bits per heavy atom. The van der Waals surface area contributed by atoms with E-state index >= 15 is 0 Å². The second-order valence-corrected chi connectivity index (χ2v) is 6.35. The third-order valence-electron chi connectivity index (χ3n) is 3.31. The fourth-order valence-corrected chi connectivity index (χ4v) is 3.87.